The number of allylic oxidation sites excluding steroid dienone is 1. The molecule has 0 unspecified atom stereocenters. The summed E-state index contributed by atoms with van der Waals surface area (Å²) in [6.45, 7) is 3.55. The Balaban J connectivity index is 3.41. The lowest BCUT2D eigenvalue weighted by molar-refractivity contribution is 1.28. The summed E-state index contributed by atoms with van der Waals surface area (Å²) in [5.41, 5.74) is 5.26. The third-order valence-corrected chi connectivity index (χ3v) is 1.14. The Kier molecular flexibility index (Phi) is 1.89. The van der Waals surface area contributed by atoms with Crippen molar-refractivity contribution in [3.05, 3.63) is 29.7 Å². The van der Waals surface area contributed by atoms with Gasteiger partial charge in [0.2, 0.25) is 0 Å². The van der Waals surface area contributed by atoms with Gasteiger partial charge in [-0.2, -0.15) is 0 Å². The molecule has 1 aromatic heterocycles. The van der Waals surface area contributed by atoms with Gasteiger partial charge in [-0.05, 0) is 6.08 Å². The van der Waals surface area contributed by atoms with Gasteiger partial charge in [0.1, 0.15) is 5.35 Å². The number of nitrogens with one attached hydrogen (secondary N) is 1. The molecule has 1 rings (SSSR count). The van der Waals surface area contributed by atoms with Crippen LogP contribution in [0.3, 0.4) is 0 Å². The van der Waals surface area contributed by atoms with E-state index in [9.17, 15) is 0 Å². The first-order chi connectivity index (χ1) is 4.88. The standard InChI is InChI=1S/C7H9N3/c1-2-3-6-7(4-8)10-5-9-6/h2-5H,1,8H2,(H,9,10)/b6-3+,7-4+. The van der Waals surface area contributed by atoms with E-state index in [0.717, 1.165) is 10.7 Å². The molecule has 3 N–H and O–H groups in total. The molecule has 0 saturated carbocycles. The van der Waals surface area contributed by atoms with Crippen molar-refractivity contribution in [2.75, 3.05) is 0 Å². The van der Waals surface area contributed by atoms with Crippen LogP contribution in [0, 0.1) is 0 Å². The summed E-state index contributed by atoms with van der Waals surface area (Å²) in [5, 5.41) is 1.64. The van der Waals surface area contributed by atoms with Crippen LogP contribution in [-0.2, 0) is 0 Å². The van der Waals surface area contributed by atoms with Crippen molar-refractivity contribution in [2.45, 2.75) is 0 Å². The Bertz CT molecular complexity index is 321. The first kappa shape index (κ1) is 6.61. The largest absolute Gasteiger partial charge is 0.403 e. The van der Waals surface area contributed by atoms with E-state index in [1.807, 2.05) is 6.08 Å². The Morgan fingerprint density at radius 1 is 1.70 bits per heavy atom. The number of H-pyrrole nitrogens is 1. The molecule has 0 aliphatic rings. The number of nitrogens with two attached hydrogens (primary N) is 1. The van der Waals surface area contributed by atoms with Crippen LogP contribution >= 0.6 is 0 Å². The van der Waals surface area contributed by atoms with Crippen molar-refractivity contribution in [1.82, 2.24) is 9.97 Å². The van der Waals surface area contributed by atoms with E-state index >= 15 is 0 Å². The van der Waals surface area contributed by atoms with Gasteiger partial charge < -0.3 is 10.7 Å². The van der Waals surface area contributed by atoms with E-state index in [4.69, 9.17) is 5.73 Å². The third kappa shape index (κ3) is 1.07. The molecule has 0 bridgehead atoms. The van der Waals surface area contributed by atoms with Crippen molar-refractivity contribution in [3.63, 3.8) is 0 Å². The maximum Gasteiger partial charge on any atom is 0.104 e. The molecule has 3 nitrogen and oxygen atoms in total. The predicted octanol–water partition coefficient (Wildman–Crippen LogP) is -0.927. The molecule has 52 valence electrons. The summed E-state index contributed by atoms with van der Waals surface area (Å²) in [6.07, 6.45) is 6.53. The molecule has 0 aliphatic carbocycles. The zero-order chi connectivity index (χ0) is 7.40. The van der Waals surface area contributed by atoms with E-state index in [2.05, 4.69) is 16.5 Å². The van der Waals surface area contributed by atoms with E-state index in [0.29, 0.717) is 0 Å². The van der Waals surface area contributed by atoms with Crippen molar-refractivity contribution in [3.8, 4) is 0 Å². The number of aromatic nitrogens is 2. The minimum Gasteiger partial charge on any atom is -0.403 e. The van der Waals surface area contributed by atoms with Gasteiger partial charge >= 0.3 is 0 Å². The predicted molar refractivity (Wildman–Crippen MR) is 41.2 cm³/mol. The van der Waals surface area contributed by atoms with Gasteiger partial charge in [0, 0.05) is 6.20 Å². The van der Waals surface area contributed by atoms with Crippen LogP contribution in [0.15, 0.2) is 19.0 Å². The fraction of sp³-hybridized carbons (Fsp3) is 0. The second-order valence-corrected chi connectivity index (χ2v) is 1.77. The fourth-order valence-electron chi connectivity index (χ4n) is 0.699. The molecule has 3 heteroatoms. The molecule has 0 radical (unpaired) electrons. The van der Waals surface area contributed by atoms with Crippen LogP contribution in [0.25, 0.3) is 12.3 Å². The number of nitrogens with zero attached hydrogens (tertiary/aromatic N) is 1. The summed E-state index contributed by atoms with van der Waals surface area (Å²) in [6, 6.07) is 0. The molecule has 0 amide bonds. The summed E-state index contributed by atoms with van der Waals surface area (Å²) in [7, 11) is 0. The number of hydrogen-bond acceptors (Lipinski definition) is 2. The normalized spacial score (nSPS) is 14.0. The Morgan fingerprint density at radius 3 is 3.10 bits per heavy atom. The molecule has 10 heavy (non-hydrogen) atoms. The fourth-order valence-corrected chi connectivity index (χ4v) is 0.699. The molecule has 1 heterocycles. The van der Waals surface area contributed by atoms with Gasteiger partial charge in [-0.3, -0.25) is 0 Å². The lowest BCUT2D eigenvalue weighted by atomic mass is 10.5. The molecule has 1 aromatic rings. The molecule has 0 fully saturated rings. The summed E-state index contributed by atoms with van der Waals surface area (Å²) < 4.78 is 0. The van der Waals surface area contributed by atoms with Gasteiger partial charge in [-0.1, -0.05) is 12.7 Å². The van der Waals surface area contributed by atoms with Crippen molar-refractivity contribution in [2.24, 2.45) is 5.73 Å². The third-order valence-electron chi connectivity index (χ3n) is 1.14. The minimum absolute atomic E-state index is 0.750. The van der Waals surface area contributed by atoms with Crippen LogP contribution in [0.5, 0.6) is 0 Å². The summed E-state index contributed by atoms with van der Waals surface area (Å²) in [4.78, 5) is 6.85. The van der Waals surface area contributed by atoms with Gasteiger partial charge in [-0.15, -0.1) is 0 Å². The number of rotatable bonds is 1. The lowest BCUT2D eigenvalue weighted by Crippen LogP contribution is -2.25. The van der Waals surface area contributed by atoms with Crippen molar-refractivity contribution < 1.29 is 0 Å². The number of aromatic amines is 1. The summed E-state index contributed by atoms with van der Waals surface area (Å²) in [5.74, 6) is 0. The van der Waals surface area contributed by atoms with Crippen LogP contribution in [-0.4, -0.2) is 9.97 Å². The smallest absolute Gasteiger partial charge is 0.104 e. The molecule has 0 saturated heterocycles. The minimum atomic E-state index is 0.750. The Labute approximate surface area is 58.6 Å². The van der Waals surface area contributed by atoms with Gasteiger partial charge in [0.05, 0.1) is 11.7 Å². The lowest BCUT2D eigenvalue weighted by Gasteiger charge is -1.72. The highest BCUT2D eigenvalue weighted by Gasteiger charge is 1.81. The SMILES string of the molecule is C=C/C=c1/[nH]cn/c1=C/N. The van der Waals surface area contributed by atoms with E-state index < -0.39 is 0 Å². The van der Waals surface area contributed by atoms with E-state index in [-0.39, 0.29) is 0 Å². The maximum atomic E-state index is 5.26. The highest BCUT2D eigenvalue weighted by molar-refractivity contribution is 5.33. The molecular formula is C7H9N3. The zero-order valence-corrected chi connectivity index (χ0v) is 5.54. The Hall–Kier alpha value is -1.51. The first-order valence-electron chi connectivity index (χ1n) is 2.92. The van der Waals surface area contributed by atoms with Crippen LogP contribution < -0.4 is 16.4 Å². The van der Waals surface area contributed by atoms with Crippen LogP contribution in [0.4, 0.5) is 0 Å². The maximum absolute atomic E-state index is 5.26. The molecular weight excluding hydrogens is 126 g/mol. The molecule has 0 atom stereocenters. The summed E-state index contributed by atoms with van der Waals surface area (Å²) >= 11 is 0. The average molecular weight is 135 g/mol. The second-order valence-electron chi connectivity index (χ2n) is 1.77. The average Bonchev–Trinajstić information content (AvgIpc) is 2.36. The quantitative estimate of drug-likeness (QED) is 0.523. The zero-order valence-electron chi connectivity index (χ0n) is 5.54. The second kappa shape index (κ2) is 2.87. The van der Waals surface area contributed by atoms with Crippen molar-refractivity contribution in [1.29, 1.82) is 0 Å². The van der Waals surface area contributed by atoms with Crippen molar-refractivity contribution >= 4 is 12.3 Å². The monoisotopic (exact) mass is 135 g/mol. The van der Waals surface area contributed by atoms with E-state index in [1.54, 1.807) is 12.4 Å². The Morgan fingerprint density at radius 2 is 2.50 bits per heavy atom. The molecule has 0 aliphatic heterocycles. The molecule has 0 aromatic carbocycles. The van der Waals surface area contributed by atoms with Crippen LogP contribution in [0.1, 0.15) is 0 Å². The van der Waals surface area contributed by atoms with E-state index in [1.165, 1.54) is 6.20 Å². The van der Waals surface area contributed by atoms with Gasteiger partial charge in [0.25, 0.3) is 0 Å². The van der Waals surface area contributed by atoms with Gasteiger partial charge in [-0.25, -0.2) is 4.98 Å². The van der Waals surface area contributed by atoms with Crippen LogP contribution in [0.2, 0.25) is 0 Å². The topological polar surface area (TPSA) is 54.7 Å². The van der Waals surface area contributed by atoms with Gasteiger partial charge in [0.15, 0.2) is 0 Å². The number of hydrogen-bond donors (Lipinski definition) is 2. The molecule has 0 spiro atoms. The first-order valence-corrected chi connectivity index (χ1v) is 2.92. The number of imidazole rings is 1. The highest BCUT2D eigenvalue weighted by atomic mass is 14.9. The highest BCUT2D eigenvalue weighted by Crippen LogP contribution is 1.60.